The van der Waals surface area contributed by atoms with Crippen molar-refractivity contribution in [3.8, 4) is 5.75 Å². The fourth-order valence-corrected chi connectivity index (χ4v) is 2.94. The van der Waals surface area contributed by atoms with Gasteiger partial charge >= 0.3 is 0 Å². The van der Waals surface area contributed by atoms with Crippen molar-refractivity contribution in [2.45, 2.75) is 52.6 Å². The molecule has 6 nitrogen and oxygen atoms in total. The van der Waals surface area contributed by atoms with Crippen molar-refractivity contribution in [2.24, 2.45) is 4.99 Å². The van der Waals surface area contributed by atoms with Crippen LogP contribution in [-0.2, 0) is 13.1 Å². The summed E-state index contributed by atoms with van der Waals surface area (Å²) in [7, 11) is 3.44. The Morgan fingerprint density at radius 1 is 1.19 bits per heavy atom. The van der Waals surface area contributed by atoms with Gasteiger partial charge in [0.2, 0.25) is 0 Å². The van der Waals surface area contributed by atoms with Crippen LogP contribution in [0.1, 0.15) is 55.2 Å². The van der Waals surface area contributed by atoms with Crippen molar-refractivity contribution in [1.82, 2.24) is 15.8 Å². The van der Waals surface area contributed by atoms with Gasteiger partial charge in [-0.2, -0.15) is 0 Å². The Balaban J connectivity index is 0.00000364. The third-order valence-corrected chi connectivity index (χ3v) is 4.55. The Morgan fingerprint density at radius 3 is 2.48 bits per heavy atom. The number of aliphatic imine (C=N–C) groups is 1. The van der Waals surface area contributed by atoms with E-state index in [0.29, 0.717) is 19.0 Å². The van der Waals surface area contributed by atoms with E-state index in [2.05, 4.69) is 40.7 Å². The lowest BCUT2D eigenvalue weighted by atomic mass is 9.99. The summed E-state index contributed by atoms with van der Waals surface area (Å²) in [5.74, 6) is 2.90. The standard InChI is InChI=1S/C20H30N4O2.HI/c1-6-16(7-2)18-11-17(26-24-18)13-23-20(21-4)22-12-15-8-9-19(25-5)14(3)10-15;/h8-11,16H,6-7,12-13H2,1-5H3,(H2,21,22,23);1H. The average Bonchev–Trinajstić information content (AvgIpc) is 3.12. The summed E-state index contributed by atoms with van der Waals surface area (Å²) in [6, 6.07) is 8.17. The first-order chi connectivity index (χ1) is 12.6. The highest BCUT2D eigenvalue weighted by atomic mass is 127. The molecule has 0 saturated carbocycles. The Hall–Kier alpha value is -1.77. The summed E-state index contributed by atoms with van der Waals surface area (Å²) in [6.45, 7) is 7.62. The van der Waals surface area contributed by atoms with Crippen LogP contribution >= 0.6 is 24.0 Å². The van der Waals surface area contributed by atoms with E-state index in [0.717, 1.165) is 41.6 Å². The van der Waals surface area contributed by atoms with Crippen LogP contribution in [0.5, 0.6) is 5.75 Å². The summed E-state index contributed by atoms with van der Waals surface area (Å²) in [4.78, 5) is 4.26. The molecule has 7 heteroatoms. The molecule has 0 spiro atoms. The van der Waals surface area contributed by atoms with E-state index in [1.165, 1.54) is 5.56 Å². The number of guanidine groups is 1. The number of methoxy groups -OCH3 is 1. The lowest BCUT2D eigenvalue weighted by Crippen LogP contribution is -2.36. The fraction of sp³-hybridized carbons (Fsp3) is 0.500. The van der Waals surface area contributed by atoms with E-state index in [4.69, 9.17) is 9.26 Å². The lowest BCUT2D eigenvalue weighted by Gasteiger charge is -2.12. The van der Waals surface area contributed by atoms with Gasteiger partial charge in [-0.1, -0.05) is 31.1 Å². The van der Waals surface area contributed by atoms with Gasteiger partial charge in [-0.25, -0.2) is 0 Å². The molecule has 1 heterocycles. The molecule has 2 N–H and O–H groups in total. The summed E-state index contributed by atoms with van der Waals surface area (Å²) in [6.07, 6.45) is 2.14. The van der Waals surface area contributed by atoms with E-state index in [-0.39, 0.29) is 24.0 Å². The Kier molecular flexibility index (Phi) is 10.2. The predicted octanol–water partition coefficient (Wildman–Crippen LogP) is 4.38. The molecular weight excluding hydrogens is 455 g/mol. The van der Waals surface area contributed by atoms with Gasteiger partial charge in [0.25, 0.3) is 0 Å². The van der Waals surface area contributed by atoms with Gasteiger partial charge in [-0.3, -0.25) is 4.99 Å². The van der Waals surface area contributed by atoms with Crippen molar-refractivity contribution in [3.63, 3.8) is 0 Å². The molecule has 2 rings (SSSR count). The van der Waals surface area contributed by atoms with Crippen molar-refractivity contribution in [1.29, 1.82) is 0 Å². The molecular formula is C20H31IN4O2. The predicted molar refractivity (Wildman–Crippen MR) is 120 cm³/mol. The zero-order valence-corrected chi connectivity index (χ0v) is 19.2. The number of nitrogens with one attached hydrogen (secondary N) is 2. The molecule has 0 fully saturated rings. The van der Waals surface area contributed by atoms with Crippen LogP contribution in [0.25, 0.3) is 0 Å². The van der Waals surface area contributed by atoms with Gasteiger partial charge in [0, 0.05) is 25.6 Å². The molecule has 0 aliphatic rings. The van der Waals surface area contributed by atoms with Crippen molar-refractivity contribution < 1.29 is 9.26 Å². The SMILES string of the molecule is CCC(CC)c1cc(CNC(=NC)NCc2ccc(OC)c(C)c2)on1.I. The van der Waals surface area contributed by atoms with Crippen molar-refractivity contribution in [3.05, 3.63) is 46.8 Å². The molecule has 0 bridgehead atoms. The molecule has 0 saturated heterocycles. The van der Waals surface area contributed by atoms with Gasteiger partial charge in [0.05, 0.1) is 19.3 Å². The second kappa shape index (κ2) is 11.8. The molecule has 1 aromatic heterocycles. The largest absolute Gasteiger partial charge is 0.496 e. The van der Waals surface area contributed by atoms with Crippen LogP contribution in [0.3, 0.4) is 0 Å². The van der Waals surface area contributed by atoms with E-state index >= 15 is 0 Å². The Bertz CT molecular complexity index is 727. The van der Waals surface area contributed by atoms with Crippen molar-refractivity contribution in [2.75, 3.05) is 14.2 Å². The van der Waals surface area contributed by atoms with E-state index in [1.807, 2.05) is 25.1 Å². The monoisotopic (exact) mass is 486 g/mol. The van der Waals surface area contributed by atoms with Gasteiger partial charge in [0.15, 0.2) is 11.7 Å². The first kappa shape index (κ1) is 23.3. The molecule has 0 aliphatic heterocycles. The fourth-order valence-electron chi connectivity index (χ4n) is 2.94. The van der Waals surface area contributed by atoms with Crippen LogP contribution in [0, 0.1) is 6.92 Å². The molecule has 0 unspecified atom stereocenters. The van der Waals surface area contributed by atoms with Gasteiger partial charge < -0.3 is 19.9 Å². The number of hydrogen-bond donors (Lipinski definition) is 2. The van der Waals surface area contributed by atoms with E-state index < -0.39 is 0 Å². The second-order valence-electron chi connectivity index (χ2n) is 6.31. The van der Waals surface area contributed by atoms with Crippen LogP contribution in [0.15, 0.2) is 33.8 Å². The van der Waals surface area contributed by atoms with Crippen LogP contribution in [0.4, 0.5) is 0 Å². The smallest absolute Gasteiger partial charge is 0.191 e. The Morgan fingerprint density at radius 2 is 1.89 bits per heavy atom. The van der Waals surface area contributed by atoms with Gasteiger partial charge in [-0.05, 0) is 37.0 Å². The maximum Gasteiger partial charge on any atom is 0.191 e. The van der Waals surface area contributed by atoms with Gasteiger partial charge in [0.1, 0.15) is 5.75 Å². The molecule has 0 amide bonds. The summed E-state index contributed by atoms with van der Waals surface area (Å²) in [5, 5.41) is 10.8. The number of rotatable bonds is 8. The number of ether oxygens (including phenoxy) is 1. The minimum atomic E-state index is 0. The highest BCUT2D eigenvalue weighted by Crippen LogP contribution is 2.22. The number of hydrogen-bond acceptors (Lipinski definition) is 4. The zero-order valence-electron chi connectivity index (χ0n) is 16.8. The molecule has 0 radical (unpaired) electrons. The number of aryl methyl sites for hydroxylation is 1. The number of halogens is 1. The Labute approximate surface area is 179 Å². The highest BCUT2D eigenvalue weighted by Gasteiger charge is 2.13. The van der Waals surface area contributed by atoms with Gasteiger partial charge in [-0.15, -0.1) is 24.0 Å². The molecule has 27 heavy (non-hydrogen) atoms. The molecule has 150 valence electrons. The molecule has 1 aromatic carbocycles. The third-order valence-electron chi connectivity index (χ3n) is 4.55. The summed E-state index contributed by atoms with van der Waals surface area (Å²) < 4.78 is 10.7. The highest BCUT2D eigenvalue weighted by molar-refractivity contribution is 14.0. The maximum absolute atomic E-state index is 5.44. The van der Waals surface area contributed by atoms with Crippen LogP contribution < -0.4 is 15.4 Å². The van der Waals surface area contributed by atoms with Crippen molar-refractivity contribution >= 4 is 29.9 Å². The lowest BCUT2D eigenvalue weighted by molar-refractivity contribution is 0.368. The first-order valence-electron chi connectivity index (χ1n) is 9.14. The minimum Gasteiger partial charge on any atom is -0.496 e. The number of aromatic nitrogens is 1. The van der Waals surface area contributed by atoms with E-state index in [1.54, 1.807) is 14.2 Å². The zero-order chi connectivity index (χ0) is 18.9. The maximum atomic E-state index is 5.44. The first-order valence-corrected chi connectivity index (χ1v) is 9.14. The molecule has 0 atom stereocenters. The number of benzene rings is 1. The molecule has 2 aromatic rings. The normalized spacial score (nSPS) is 11.3. The van der Waals surface area contributed by atoms with Crippen LogP contribution in [-0.4, -0.2) is 25.3 Å². The number of nitrogens with zero attached hydrogens (tertiary/aromatic N) is 2. The molecule has 0 aliphatic carbocycles. The topological polar surface area (TPSA) is 71.7 Å². The van der Waals surface area contributed by atoms with Crippen LogP contribution in [0.2, 0.25) is 0 Å². The summed E-state index contributed by atoms with van der Waals surface area (Å²) >= 11 is 0. The quantitative estimate of drug-likeness (QED) is 0.329. The van der Waals surface area contributed by atoms with E-state index in [9.17, 15) is 0 Å². The minimum absolute atomic E-state index is 0. The second-order valence-corrected chi connectivity index (χ2v) is 6.31. The third kappa shape index (κ3) is 6.71. The average molecular weight is 486 g/mol. The summed E-state index contributed by atoms with van der Waals surface area (Å²) in [5.41, 5.74) is 3.32.